The Kier molecular flexibility index (Phi) is 6.14. The Bertz CT molecular complexity index is 1030. The zero-order valence-corrected chi connectivity index (χ0v) is 18.6. The molecule has 1 aliphatic heterocycles. The standard InChI is InChI=1S/C21H28N4O5S/c1-3-31(27,28)24-18-9-17-11-25(14-21(17,10-18)20-22-15(2)23-30-20)19(26)13-29-12-16-7-5-4-6-8-16/h4-8,17-18,24H,3,9-14H2,1-2H3/t17-,18+,21-/m0/s1. The van der Waals surface area contributed by atoms with Crippen LogP contribution >= 0.6 is 0 Å². The van der Waals surface area contributed by atoms with Gasteiger partial charge >= 0.3 is 0 Å². The smallest absolute Gasteiger partial charge is 0.248 e. The highest BCUT2D eigenvalue weighted by Gasteiger charge is 2.58. The van der Waals surface area contributed by atoms with Gasteiger partial charge in [-0.3, -0.25) is 4.79 Å². The first-order chi connectivity index (χ1) is 14.8. The molecule has 1 aromatic heterocycles. The minimum atomic E-state index is -3.32. The van der Waals surface area contributed by atoms with Gasteiger partial charge in [0.15, 0.2) is 5.82 Å². The van der Waals surface area contributed by atoms with Crippen molar-refractivity contribution in [2.24, 2.45) is 5.92 Å². The Balaban J connectivity index is 1.44. The van der Waals surface area contributed by atoms with E-state index in [0.29, 0.717) is 44.3 Å². The molecule has 31 heavy (non-hydrogen) atoms. The molecule has 10 heteroatoms. The molecule has 2 heterocycles. The van der Waals surface area contributed by atoms with E-state index in [1.807, 2.05) is 30.3 Å². The fourth-order valence-corrected chi connectivity index (χ4v) is 5.59. The van der Waals surface area contributed by atoms with Crippen LogP contribution in [0.1, 0.15) is 37.0 Å². The molecule has 1 aromatic carbocycles. The van der Waals surface area contributed by atoms with Crippen molar-refractivity contribution in [3.05, 3.63) is 47.6 Å². The lowest BCUT2D eigenvalue weighted by Gasteiger charge is -2.25. The molecular formula is C21H28N4O5S. The first-order valence-electron chi connectivity index (χ1n) is 10.5. The molecule has 168 valence electrons. The average Bonchev–Trinajstić information content (AvgIpc) is 3.41. The van der Waals surface area contributed by atoms with Crippen LogP contribution in [-0.2, 0) is 31.6 Å². The highest BCUT2D eigenvalue weighted by atomic mass is 32.2. The van der Waals surface area contributed by atoms with Crippen LogP contribution in [0.3, 0.4) is 0 Å². The quantitative estimate of drug-likeness (QED) is 0.649. The lowest BCUT2D eigenvalue weighted by atomic mass is 9.80. The molecule has 1 saturated carbocycles. The second kappa shape index (κ2) is 8.68. The van der Waals surface area contributed by atoms with Gasteiger partial charge in [-0.1, -0.05) is 35.5 Å². The molecule has 0 unspecified atom stereocenters. The molecule has 0 bridgehead atoms. The lowest BCUT2D eigenvalue weighted by molar-refractivity contribution is -0.135. The Morgan fingerprint density at radius 1 is 1.35 bits per heavy atom. The van der Waals surface area contributed by atoms with Gasteiger partial charge in [-0.25, -0.2) is 13.1 Å². The van der Waals surface area contributed by atoms with E-state index in [9.17, 15) is 13.2 Å². The summed E-state index contributed by atoms with van der Waals surface area (Å²) in [5.74, 6) is 0.983. The average molecular weight is 449 g/mol. The summed E-state index contributed by atoms with van der Waals surface area (Å²) in [5, 5.41) is 3.93. The summed E-state index contributed by atoms with van der Waals surface area (Å²) in [7, 11) is -3.32. The third kappa shape index (κ3) is 4.65. The number of carbonyl (C=O) groups excluding carboxylic acids is 1. The Labute approximate surface area is 182 Å². The minimum absolute atomic E-state index is 0.00749. The van der Waals surface area contributed by atoms with Crippen molar-refractivity contribution in [1.29, 1.82) is 0 Å². The van der Waals surface area contributed by atoms with Crippen LogP contribution in [0.2, 0.25) is 0 Å². The number of rotatable bonds is 8. The van der Waals surface area contributed by atoms with Gasteiger partial charge in [-0.15, -0.1) is 0 Å². The molecule has 2 fully saturated rings. The number of nitrogens with zero attached hydrogens (tertiary/aromatic N) is 3. The number of fused-ring (bicyclic) bond motifs is 1. The SMILES string of the molecule is CCS(=O)(=O)N[C@@H]1C[C@H]2CN(C(=O)COCc3ccccc3)C[C@@]2(c2nc(C)no2)C1. The van der Waals surface area contributed by atoms with Gasteiger partial charge in [0.25, 0.3) is 0 Å². The minimum Gasteiger partial charge on any atom is -0.367 e. The zero-order chi connectivity index (χ0) is 22.1. The van der Waals surface area contributed by atoms with E-state index >= 15 is 0 Å². The van der Waals surface area contributed by atoms with Crippen LogP contribution in [0.15, 0.2) is 34.9 Å². The van der Waals surface area contributed by atoms with E-state index in [1.54, 1.807) is 18.7 Å². The summed E-state index contributed by atoms with van der Waals surface area (Å²) in [6.45, 7) is 4.66. The summed E-state index contributed by atoms with van der Waals surface area (Å²) >= 11 is 0. The number of aromatic nitrogens is 2. The van der Waals surface area contributed by atoms with E-state index in [4.69, 9.17) is 9.26 Å². The predicted octanol–water partition coefficient (Wildman–Crippen LogP) is 1.39. The van der Waals surface area contributed by atoms with Crippen LogP contribution in [0.25, 0.3) is 0 Å². The van der Waals surface area contributed by atoms with Crippen LogP contribution in [0, 0.1) is 12.8 Å². The molecule has 3 atom stereocenters. The predicted molar refractivity (Wildman–Crippen MR) is 112 cm³/mol. The second-order valence-electron chi connectivity index (χ2n) is 8.41. The molecule has 1 amide bonds. The largest absolute Gasteiger partial charge is 0.367 e. The number of aryl methyl sites for hydroxylation is 1. The van der Waals surface area contributed by atoms with Gasteiger partial charge in [0.2, 0.25) is 21.8 Å². The molecular weight excluding hydrogens is 420 g/mol. The van der Waals surface area contributed by atoms with Crippen molar-refractivity contribution >= 4 is 15.9 Å². The van der Waals surface area contributed by atoms with Crippen molar-refractivity contribution in [3.8, 4) is 0 Å². The number of nitrogens with one attached hydrogen (secondary N) is 1. The van der Waals surface area contributed by atoms with Crippen molar-refractivity contribution in [2.75, 3.05) is 25.4 Å². The first kappa shape index (κ1) is 21.9. The third-order valence-corrected chi connectivity index (χ3v) is 7.70. The topological polar surface area (TPSA) is 115 Å². The van der Waals surface area contributed by atoms with E-state index < -0.39 is 15.4 Å². The number of benzene rings is 1. The fourth-order valence-electron chi connectivity index (χ4n) is 4.74. The molecule has 0 spiro atoms. The monoisotopic (exact) mass is 448 g/mol. The highest BCUT2D eigenvalue weighted by molar-refractivity contribution is 7.89. The Morgan fingerprint density at radius 3 is 2.81 bits per heavy atom. The van der Waals surface area contributed by atoms with Gasteiger partial charge in [0.05, 0.1) is 17.8 Å². The summed E-state index contributed by atoms with van der Waals surface area (Å²) in [6.07, 6.45) is 1.14. The molecule has 2 aromatic rings. The number of carbonyl (C=O) groups is 1. The second-order valence-corrected chi connectivity index (χ2v) is 10.5. The summed E-state index contributed by atoms with van der Waals surface area (Å²) < 4.78 is 38.1. The summed E-state index contributed by atoms with van der Waals surface area (Å²) in [5.41, 5.74) is 0.467. The number of likely N-dealkylation sites (tertiary alicyclic amines) is 1. The number of hydrogen-bond acceptors (Lipinski definition) is 7. The molecule has 1 saturated heterocycles. The summed E-state index contributed by atoms with van der Waals surface area (Å²) in [4.78, 5) is 19.1. The van der Waals surface area contributed by atoms with E-state index in [-0.39, 0.29) is 30.2 Å². The van der Waals surface area contributed by atoms with Crippen LogP contribution in [0.4, 0.5) is 0 Å². The molecule has 1 aliphatic carbocycles. The number of sulfonamides is 1. The Morgan fingerprint density at radius 2 is 2.13 bits per heavy atom. The van der Waals surface area contributed by atoms with Gasteiger partial charge in [-0.2, -0.15) is 4.98 Å². The van der Waals surface area contributed by atoms with Crippen molar-refractivity contribution in [3.63, 3.8) is 0 Å². The molecule has 4 rings (SSSR count). The van der Waals surface area contributed by atoms with Crippen LogP contribution in [0.5, 0.6) is 0 Å². The first-order valence-corrected chi connectivity index (χ1v) is 12.2. The summed E-state index contributed by atoms with van der Waals surface area (Å²) in [6, 6.07) is 9.49. The molecule has 2 aliphatic rings. The maximum Gasteiger partial charge on any atom is 0.248 e. The normalized spacial score (nSPS) is 25.7. The Hall–Kier alpha value is -2.30. The number of ether oxygens (including phenoxy) is 1. The lowest BCUT2D eigenvalue weighted by Crippen LogP contribution is -2.40. The van der Waals surface area contributed by atoms with Gasteiger partial charge in [0, 0.05) is 19.1 Å². The highest BCUT2D eigenvalue weighted by Crippen LogP contribution is 2.50. The zero-order valence-electron chi connectivity index (χ0n) is 17.8. The van der Waals surface area contributed by atoms with E-state index in [2.05, 4.69) is 14.9 Å². The van der Waals surface area contributed by atoms with E-state index in [0.717, 1.165) is 5.56 Å². The van der Waals surface area contributed by atoms with Crippen molar-refractivity contribution in [1.82, 2.24) is 19.8 Å². The molecule has 1 N–H and O–H groups in total. The molecule has 9 nitrogen and oxygen atoms in total. The third-order valence-electron chi connectivity index (χ3n) is 6.24. The van der Waals surface area contributed by atoms with Gasteiger partial charge in [0.1, 0.15) is 6.61 Å². The number of amides is 1. The van der Waals surface area contributed by atoms with Crippen molar-refractivity contribution < 1.29 is 22.5 Å². The van der Waals surface area contributed by atoms with Crippen molar-refractivity contribution in [2.45, 2.75) is 44.8 Å². The maximum atomic E-state index is 12.8. The van der Waals surface area contributed by atoms with Crippen LogP contribution < -0.4 is 4.72 Å². The van der Waals surface area contributed by atoms with Crippen LogP contribution in [-0.4, -0.2) is 60.9 Å². The van der Waals surface area contributed by atoms with Gasteiger partial charge in [-0.05, 0) is 38.2 Å². The molecule has 0 radical (unpaired) electrons. The maximum absolute atomic E-state index is 12.8. The van der Waals surface area contributed by atoms with Gasteiger partial charge < -0.3 is 14.2 Å². The number of hydrogen-bond donors (Lipinski definition) is 1. The van der Waals surface area contributed by atoms with E-state index in [1.165, 1.54) is 0 Å². The fraction of sp³-hybridized carbons (Fsp3) is 0.571.